The van der Waals surface area contributed by atoms with Crippen LogP contribution < -0.4 is 10.1 Å². The molecule has 0 aliphatic carbocycles. The minimum absolute atomic E-state index is 0.151. The normalized spacial score (nSPS) is 11.6. The van der Waals surface area contributed by atoms with E-state index in [1.54, 1.807) is 13.8 Å². The smallest absolute Gasteiger partial charge is 0.322 e. The second-order valence-electron chi connectivity index (χ2n) is 4.51. The van der Waals surface area contributed by atoms with Crippen molar-refractivity contribution in [2.24, 2.45) is 0 Å². The topological polar surface area (TPSA) is 78.9 Å². The lowest BCUT2D eigenvalue weighted by molar-refractivity contribution is -0.137. The van der Waals surface area contributed by atoms with Gasteiger partial charge in [-0.2, -0.15) is 0 Å². The summed E-state index contributed by atoms with van der Waals surface area (Å²) in [6.07, 6.45) is -0.151. The molecule has 0 heterocycles. The van der Waals surface area contributed by atoms with Crippen molar-refractivity contribution in [1.29, 1.82) is 0 Å². The molecule has 1 atom stereocenters. The van der Waals surface area contributed by atoms with E-state index in [0.717, 1.165) is 6.07 Å². The Morgan fingerprint density at radius 3 is 2.67 bits per heavy atom. The summed E-state index contributed by atoms with van der Waals surface area (Å²) in [4.78, 5) is 24.3. The van der Waals surface area contributed by atoms with E-state index in [2.05, 4.69) is 5.32 Å². The van der Waals surface area contributed by atoms with Crippen LogP contribution in [-0.2, 0) is 4.79 Å². The van der Waals surface area contributed by atoms with Crippen LogP contribution in [0.3, 0.4) is 0 Å². The molecule has 2 N–H and O–H groups in total. The van der Waals surface area contributed by atoms with Gasteiger partial charge >= 0.3 is 12.0 Å². The third-order valence-corrected chi connectivity index (χ3v) is 3.01. The lowest BCUT2D eigenvalue weighted by Crippen LogP contribution is -2.42. The number of amides is 2. The lowest BCUT2D eigenvalue weighted by Gasteiger charge is -2.27. The Kier molecular flexibility index (Phi) is 5.95. The molecule has 0 saturated heterocycles. The van der Waals surface area contributed by atoms with Crippen molar-refractivity contribution in [3.05, 3.63) is 24.0 Å². The zero-order valence-electron chi connectivity index (χ0n) is 12.2. The fraction of sp³-hybridized carbons (Fsp3) is 0.429. The first-order valence-corrected chi connectivity index (χ1v) is 6.52. The van der Waals surface area contributed by atoms with E-state index in [0.29, 0.717) is 12.2 Å². The van der Waals surface area contributed by atoms with E-state index in [9.17, 15) is 14.0 Å². The summed E-state index contributed by atoms with van der Waals surface area (Å²) in [5.74, 6) is -1.25. The highest BCUT2D eigenvalue weighted by Crippen LogP contribution is 2.25. The molecule has 116 valence electrons. The van der Waals surface area contributed by atoms with Gasteiger partial charge in [-0.25, -0.2) is 9.18 Å². The van der Waals surface area contributed by atoms with Crippen molar-refractivity contribution in [3.63, 3.8) is 0 Å². The number of anilines is 1. The number of carboxylic acids is 1. The maximum absolute atomic E-state index is 13.1. The van der Waals surface area contributed by atoms with Crippen LogP contribution in [0.2, 0.25) is 0 Å². The highest BCUT2D eigenvalue weighted by Gasteiger charge is 2.21. The fourth-order valence-electron chi connectivity index (χ4n) is 1.97. The van der Waals surface area contributed by atoms with Crippen molar-refractivity contribution >= 4 is 17.7 Å². The molecule has 1 unspecified atom stereocenters. The van der Waals surface area contributed by atoms with Gasteiger partial charge in [0.1, 0.15) is 11.6 Å². The maximum atomic E-state index is 13.1. The maximum Gasteiger partial charge on any atom is 0.322 e. The van der Waals surface area contributed by atoms with Crippen molar-refractivity contribution in [2.75, 3.05) is 19.0 Å². The van der Waals surface area contributed by atoms with Gasteiger partial charge in [0.25, 0.3) is 0 Å². The van der Waals surface area contributed by atoms with E-state index in [-0.39, 0.29) is 12.2 Å². The zero-order valence-corrected chi connectivity index (χ0v) is 12.2. The molecule has 1 rings (SSSR count). The number of carbonyl (C=O) groups is 2. The molecular weight excluding hydrogens is 279 g/mol. The van der Waals surface area contributed by atoms with Crippen LogP contribution in [0.1, 0.15) is 20.3 Å². The van der Waals surface area contributed by atoms with Gasteiger partial charge < -0.3 is 20.1 Å². The van der Waals surface area contributed by atoms with Gasteiger partial charge in [-0.3, -0.25) is 4.79 Å². The van der Waals surface area contributed by atoms with Gasteiger partial charge in [-0.1, -0.05) is 0 Å². The molecule has 0 aromatic heterocycles. The van der Waals surface area contributed by atoms with Crippen LogP contribution in [0.4, 0.5) is 14.9 Å². The standard InChI is InChI=1S/C14H19FN2O4/c1-4-17(9(2)7-13(18)19)14(20)16-11-6-5-10(15)8-12(11)21-3/h5-6,8-9H,4,7H2,1-3H3,(H,16,20)(H,18,19). The number of nitrogens with one attached hydrogen (secondary N) is 1. The Morgan fingerprint density at radius 2 is 2.14 bits per heavy atom. The van der Waals surface area contributed by atoms with Crippen molar-refractivity contribution in [2.45, 2.75) is 26.3 Å². The van der Waals surface area contributed by atoms with Crippen LogP contribution in [-0.4, -0.2) is 41.7 Å². The van der Waals surface area contributed by atoms with Crippen LogP contribution in [0.5, 0.6) is 5.75 Å². The predicted molar refractivity (Wildman–Crippen MR) is 76.1 cm³/mol. The molecule has 21 heavy (non-hydrogen) atoms. The van der Waals surface area contributed by atoms with Gasteiger partial charge in [0.15, 0.2) is 0 Å². The third-order valence-electron chi connectivity index (χ3n) is 3.01. The fourth-order valence-corrected chi connectivity index (χ4v) is 1.97. The van der Waals surface area contributed by atoms with Gasteiger partial charge in [-0.05, 0) is 26.0 Å². The van der Waals surface area contributed by atoms with Crippen molar-refractivity contribution in [1.82, 2.24) is 4.90 Å². The molecule has 1 aromatic carbocycles. The number of carbonyl (C=O) groups excluding carboxylic acids is 1. The second-order valence-corrected chi connectivity index (χ2v) is 4.51. The number of aliphatic carboxylic acids is 1. The molecule has 1 aromatic rings. The van der Waals surface area contributed by atoms with Crippen molar-refractivity contribution < 1.29 is 23.8 Å². The molecule has 0 aliphatic rings. The number of rotatable bonds is 6. The van der Waals surface area contributed by atoms with Gasteiger partial charge in [0.2, 0.25) is 0 Å². The van der Waals surface area contributed by atoms with Gasteiger partial charge in [0.05, 0.1) is 19.2 Å². The van der Waals surface area contributed by atoms with E-state index in [4.69, 9.17) is 9.84 Å². The van der Waals surface area contributed by atoms with Crippen LogP contribution in [0.25, 0.3) is 0 Å². The molecule has 0 aliphatic heterocycles. The summed E-state index contributed by atoms with van der Waals surface area (Å²) in [7, 11) is 1.37. The van der Waals surface area contributed by atoms with Crippen LogP contribution >= 0.6 is 0 Å². The summed E-state index contributed by atoms with van der Waals surface area (Å²) in [6.45, 7) is 3.75. The van der Waals surface area contributed by atoms with Gasteiger partial charge in [0, 0.05) is 18.7 Å². The molecule has 0 fully saturated rings. The molecule has 0 spiro atoms. The molecule has 0 radical (unpaired) electrons. The predicted octanol–water partition coefficient (Wildman–Crippen LogP) is 2.55. The number of halogens is 1. The largest absolute Gasteiger partial charge is 0.494 e. The van der Waals surface area contributed by atoms with E-state index < -0.39 is 23.9 Å². The number of nitrogens with zero attached hydrogens (tertiary/aromatic N) is 1. The second kappa shape index (κ2) is 7.47. The SMILES string of the molecule is CCN(C(=O)Nc1ccc(F)cc1OC)C(C)CC(=O)O. The van der Waals surface area contributed by atoms with E-state index >= 15 is 0 Å². The summed E-state index contributed by atoms with van der Waals surface area (Å²) >= 11 is 0. The monoisotopic (exact) mass is 298 g/mol. The Morgan fingerprint density at radius 1 is 1.48 bits per heavy atom. The summed E-state index contributed by atoms with van der Waals surface area (Å²) in [6, 6.07) is 2.83. The minimum Gasteiger partial charge on any atom is -0.494 e. The molecule has 7 heteroatoms. The Hall–Kier alpha value is -2.31. The Labute approximate surface area is 122 Å². The third kappa shape index (κ3) is 4.62. The average molecular weight is 298 g/mol. The van der Waals surface area contributed by atoms with Crippen LogP contribution in [0.15, 0.2) is 18.2 Å². The molecule has 6 nitrogen and oxygen atoms in total. The lowest BCUT2D eigenvalue weighted by atomic mass is 10.2. The number of hydrogen-bond donors (Lipinski definition) is 2. The van der Waals surface area contributed by atoms with E-state index in [1.165, 1.54) is 24.1 Å². The van der Waals surface area contributed by atoms with Crippen LogP contribution in [0, 0.1) is 5.82 Å². The molecule has 0 saturated carbocycles. The molecule has 2 amide bonds. The first-order valence-electron chi connectivity index (χ1n) is 6.52. The quantitative estimate of drug-likeness (QED) is 0.846. The highest BCUT2D eigenvalue weighted by atomic mass is 19.1. The molecular formula is C14H19FN2O4. The zero-order chi connectivity index (χ0) is 16.0. The minimum atomic E-state index is -0.979. The van der Waals surface area contributed by atoms with Crippen molar-refractivity contribution in [3.8, 4) is 5.75 Å². The Balaban J connectivity index is 2.85. The summed E-state index contributed by atoms with van der Waals surface area (Å²) in [5, 5.41) is 11.4. The van der Waals surface area contributed by atoms with E-state index in [1.807, 2.05) is 0 Å². The number of methoxy groups -OCH3 is 1. The number of urea groups is 1. The number of carboxylic acid groups (broad SMARTS) is 1. The number of ether oxygens (including phenoxy) is 1. The Bertz CT molecular complexity index is 522. The first-order chi connectivity index (χ1) is 9.88. The first kappa shape index (κ1) is 16.7. The van der Waals surface area contributed by atoms with Gasteiger partial charge in [-0.15, -0.1) is 0 Å². The average Bonchev–Trinajstić information content (AvgIpc) is 2.40. The molecule has 0 bridgehead atoms. The number of hydrogen-bond acceptors (Lipinski definition) is 3. The summed E-state index contributed by atoms with van der Waals surface area (Å²) in [5.41, 5.74) is 0.324. The highest BCUT2D eigenvalue weighted by molar-refractivity contribution is 5.91. The summed E-state index contributed by atoms with van der Waals surface area (Å²) < 4.78 is 18.1. The number of benzene rings is 1.